The number of hydrogen-bond acceptors (Lipinski definition) is 2. The summed E-state index contributed by atoms with van der Waals surface area (Å²) >= 11 is 11.4. The number of alkyl halides is 1. The van der Waals surface area contributed by atoms with Gasteiger partial charge in [0.15, 0.2) is 5.15 Å². The zero-order valence-corrected chi connectivity index (χ0v) is 9.23. The Hall–Kier alpha value is -1.24. The lowest BCUT2D eigenvalue weighted by molar-refractivity contribution is 1.22. The van der Waals surface area contributed by atoms with Crippen LogP contribution < -0.4 is 0 Å². The third kappa shape index (κ3) is 2.06. The zero-order valence-electron chi connectivity index (χ0n) is 7.72. The average molecular weight is 240 g/mol. The molecule has 0 aromatic carbocycles. The van der Waals surface area contributed by atoms with Crippen LogP contribution in [0.1, 0.15) is 12.0 Å². The van der Waals surface area contributed by atoms with Gasteiger partial charge in [-0.1, -0.05) is 23.4 Å². The normalized spacial score (nSPS) is 10.0. The summed E-state index contributed by atoms with van der Waals surface area (Å²) in [4.78, 5) is 11.0. The van der Waals surface area contributed by atoms with Crippen LogP contribution in [-0.4, -0.2) is 20.8 Å². The molecule has 0 saturated carbocycles. The minimum atomic E-state index is 0.408. The van der Waals surface area contributed by atoms with E-state index in [-0.39, 0.29) is 0 Å². The highest BCUT2D eigenvalue weighted by molar-refractivity contribution is 6.33. The van der Waals surface area contributed by atoms with E-state index in [1.165, 1.54) is 6.33 Å². The van der Waals surface area contributed by atoms with Crippen LogP contribution in [0.25, 0.3) is 11.0 Å². The van der Waals surface area contributed by atoms with Crippen LogP contribution >= 0.6 is 23.2 Å². The number of aromatic nitrogens is 3. The highest BCUT2D eigenvalue weighted by atomic mass is 35.5. The molecule has 0 bridgehead atoms. The molecule has 0 amide bonds. The number of halogens is 2. The summed E-state index contributed by atoms with van der Waals surface area (Å²) in [5, 5.41) is 0.408. The van der Waals surface area contributed by atoms with Crippen molar-refractivity contribution in [3.05, 3.63) is 23.2 Å². The number of hydrogen-bond donors (Lipinski definition) is 1. The number of fused-ring (bicyclic) bond motifs is 1. The Morgan fingerprint density at radius 3 is 3.07 bits per heavy atom. The number of H-pyrrole nitrogens is 1. The van der Waals surface area contributed by atoms with E-state index in [1.807, 2.05) is 0 Å². The quantitative estimate of drug-likeness (QED) is 0.473. The summed E-state index contributed by atoms with van der Waals surface area (Å²) in [5.41, 5.74) is 2.28. The second-order valence-electron chi connectivity index (χ2n) is 2.83. The first kappa shape index (κ1) is 10.3. The minimum absolute atomic E-state index is 0.408. The number of rotatable bonds is 1. The Labute approximate surface area is 96.8 Å². The molecule has 76 valence electrons. The van der Waals surface area contributed by atoms with Gasteiger partial charge in [-0.25, -0.2) is 9.97 Å². The van der Waals surface area contributed by atoms with Gasteiger partial charge in [-0.05, 0) is 0 Å². The van der Waals surface area contributed by atoms with Crippen molar-refractivity contribution in [1.82, 2.24) is 15.0 Å². The van der Waals surface area contributed by atoms with Gasteiger partial charge in [0.1, 0.15) is 17.4 Å². The van der Waals surface area contributed by atoms with Gasteiger partial charge in [0.25, 0.3) is 0 Å². The van der Waals surface area contributed by atoms with Crippen molar-refractivity contribution < 1.29 is 0 Å². The molecule has 5 heteroatoms. The summed E-state index contributed by atoms with van der Waals surface area (Å²) in [7, 11) is 0. The SMILES string of the molecule is ClCCC#Cc1c[nH]c2c(Cl)ncnc12. The summed E-state index contributed by atoms with van der Waals surface area (Å²) < 4.78 is 0. The molecule has 2 rings (SSSR count). The molecular formula is C10H7Cl2N3. The second-order valence-corrected chi connectivity index (χ2v) is 3.57. The van der Waals surface area contributed by atoms with Crippen LogP contribution in [-0.2, 0) is 0 Å². The lowest BCUT2D eigenvalue weighted by Crippen LogP contribution is -1.82. The molecule has 0 aliphatic heterocycles. The Morgan fingerprint density at radius 1 is 1.40 bits per heavy atom. The molecule has 2 aromatic rings. The average Bonchev–Trinajstić information content (AvgIpc) is 2.64. The monoisotopic (exact) mass is 239 g/mol. The minimum Gasteiger partial charge on any atom is -0.356 e. The Bertz CT molecular complexity index is 536. The molecule has 0 spiro atoms. The Balaban J connectivity index is 2.47. The predicted octanol–water partition coefficient (Wildman–Crippen LogP) is 2.59. The summed E-state index contributed by atoms with van der Waals surface area (Å²) in [6.07, 6.45) is 3.85. The van der Waals surface area contributed by atoms with Crippen LogP contribution in [0.2, 0.25) is 5.15 Å². The van der Waals surface area contributed by atoms with Crippen molar-refractivity contribution in [2.45, 2.75) is 6.42 Å². The molecule has 0 aliphatic carbocycles. The van der Waals surface area contributed by atoms with E-state index in [2.05, 4.69) is 26.8 Å². The van der Waals surface area contributed by atoms with Gasteiger partial charge >= 0.3 is 0 Å². The van der Waals surface area contributed by atoms with E-state index in [1.54, 1.807) is 6.20 Å². The van der Waals surface area contributed by atoms with Crippen molar-refractivity contribution in [3.8, 4) is 11.8 Å². The summed E-state index contributed by atoms with van der Waals surface area (Å²) in [6, 6.07) is 0. The van der Waals surface area contributed by atoms with Gasteiger partial charge in [0, 0.05) is 18.5 Å². The first-order chi connectivity index (χ1) is 7.33. The Kier molecular flexibility index (Phi) is 3.10. The van der Waals surface area contributed by atoms with E-state index < -0.39 is 0 Å². The van der Waals surface area contributed by atoms with Crippen molar-refractivity contribution in [1.29, 1.82) is 0 Å². The van der Waals surface area contributed by atoms with E-state index in [4.69, 9.17) is 23.2 Å². The lowest BCUT2D eigenvalue weighted by Gasteiger charge is -1.90. The molecule has 0 radical (unpaired) electrons. The number of nitrogens with zero attached hydrogens (tertiary/aromatic N) is 2. The van der Waals surface area contributed by atoms with Gasteiger partial charge in [-0.15, -0.1) is 11.6 Å². The third-order valence-electron chi connectivity index (χ3n) is 1.86. The molecular weight excluding hydrogens is 233 g/mol. The molecule has 0 saturated heterocycles. The molecule has 0 aliphatic rings. The maximum absolute atomic E-state index is 5.88. The van der Waals surface area contributed by atoms with Crippen molar-refractivity contribution in [3.63, 3.8) is 0 Å². The van der Waals surface area contributed by atoms with Crippen LogP contribution in [0.3, 0.4) is 0 Å². The first-order valence-electron chi connectivity index (χ1n) is 4.35. The molecule has 3 nitrogen and oxygen atoms in total. The predicted molar refractivity (Wildman–Crippen MR) is 61.1 cm³/mol. The van der Waals surface area contributed by atoms with Gasteiger partial charge in [-0.2, -0.15) is 0 Å². The fourth-order valence-corrected chi connectivity index (χ4v) is 1.49. The van der Waals surface area contributed by atoms with Gasteiger partial charge in [-0.3, -0.25) is 0 Å². The number of aromatic amines is 1. The summed E-state index contributed by atoms with van der Waals surface area (Å²) in [6.45, 7) is 0. The highest BCUT2D eigenvalue weighted by Gasteiger charge is 2.05. The maximum atomic E-state index is 5.88. The van der Waals surface area contributed by atoms with Gasteiger partial charge in [0.05, 0.1) is 5.56 Å². The zero-order chi connectivity index (χ0) is 10.7. The second kappa shape index (κ2) is 4.52. The first-order valence-corrected chi connectivity index (χ1v) is 5.26. The molecule has 1 N–H and O–H groups in total. The molecule has 15 heavy (non-hydrogen) atoms. The van der Waals surface area contributed by atoms with E-state index >= 15 is 0 Å². The third-order valence-corrected chi connectivity index (χ3v) is 2.34. The van der Waals surface area contributed by atoms with E-state index in [0.29, 0.717) is 23.0 Å². The van der Waals surface area contributed by atoms with Crippen LogP contribution in [0, 0.1) is 11.8 Å². The van der Waals surface area contributed by atoms with Crippen molar-refractivity contribution >= 4 is 34.2 Å². The smallest absolute Gasteiger partial charge is 0.156 e. The molecule has 2 heterocycles. The standard InChI is InChI=1S/C10H7Cl2N3/c11-4-2-1-3-7-5-13-9-8(7)14-6-15-10(9)12/h5-6,13H,2,4H2. The van der Waals surface area contributed by atoms with Gasteiger partial charge in [0.2, 0.25) is 0 Å². The molecule has 0 unspecified atom stereocenters. The van der Waals surface area contributed by atoms with E-state index in [0.717, 1.165) is 11.1 Å². The molecule has 2 aromatic heterocycles. The van der Waals surface area contributed by atoms with Crippen LogP contribution in [0.15, 0.2) is 12.5 Å². The van der Waals surface area contributed by atoms with Crippen LogP contribution in [0.4, 0.5) is 0 Å². The van der Waals surface area contributed by atoms with Crippen molar-refractivity contribution in [2.75, 3.05) is 5.88 Å². The molecule has 0 atom stereocenters. The van der Waals surface area contributed by atoms with E-state index in [9.17, 15) is 0 Å². The fourth-order valence-electron chi connectivity index (χ4n) is 1.21. The van der Waals surface area contributed by atoms with Gasteiger partial charge < -0.3 is 4.98 Å². The maximum Gasteiger partial charge on any atom is 0.156 e. The lowest BCUT2D eigenvalue weighted by atomic mass is 10.3. The van der Waals surface area contributed by atoms with Crippen LogP contribution in [0.5, 0.6) is 0 Å². The Morgan fingerprint density at radius 2 is 2.27 bits per heavy atom. The van der Waals surface area contributed by atoms with Crippen molar-refractivity contribution in [2.24, 2.45) is 0 Å². The summed E-state index contributed by atoms with van der Waals surface area (Å²) in [5.74, 6) is 6.46. The fraction of sp³-hybridized carbons (Fsp3) is 0.200. The number of nitrogens with one attached hydrogen (secondary N) is 1. The largest absolute Gasteiger partial charge is 0.356 e. The highest BCUT2D eigenvalue weighted by Crippen LogP contribution is 2.20. The topological polar surface area (TPSA) is 41.6 Å². The molecule has 0 fully saturated rings.